The van der Waals surface area contributed by atoms with Gasteiger partial charge in [0, 0.05) is 24.2 Å². The highest BCUT2D eigenvalue weighted by molar-refractivity contribution is 5.94. The van der Waals surface area contributed by atoms with Crippen LogP contribution >= 0.6 is 0 Å². The van der Waals surface area contributed by atoms with E-state index < -0.39 is 0 Å². The molecule has 0 aliphatic carbocycles. The first kappa shape index (κ1) is 20.9. The van der Waals surface area contributed by atoms with E-state index in [1.165, 1.54) is 17.5 Å². The summed E-state index contributed by atoms with van der Waals surface area (Å²) in [6.45, 7) is 10.0. The number of carbonyl (C=O) groups excluding carboxylic acids is 2. The number of nitrogens with one attached hydrogen (secondary N) is 1. The second kappa shape index (κ2) is 9.49. The molecule has 5 heteroatoms. The molecule has 1 heterocycles. The monoisotopic (exact) mass is 369 g/mol. The van der Waals surface area contributed by atoms with Crippen LogP contribution in [-0.4, -0.2) is 21.6 Å². The molecule has 0 saturated heterocycles. The molecule has 5 nitrogen and oxygen atoms in total. The third kappa shape index (κ3) is 5.52. The average molecular weight is 370 g/mol. The lowest BCUT2D eigenvalue weighted by atomic mass is 10.1. The summed E-state index contributed by atoms with van der Waals surface area (Å²) < 4.78 is 1.47. The van der Waals surface area contributed by atoms with Gasteiger partial charge < -0.3 is 5.32 Å². The van der Waals surface area contributed by atoms with E-state index in [0.717, 1.165) is 46.6 Å². The van der Waals surface area contributed by atoms with Crippen LogP contribution in [0.3, 0.4) is 0 Å². The van der Waals surface area contributed by atoms with Gasteiger partial charge in [-0.15, -0.1) is 0 Å². The topological polar surface area (TPSA) is 64.0 Å². The Morgan fingerprint density at radius 2 is 1.81 bits per heavy atom. The lowest BCUT2D eigenvalue weighted by molar-refractivity contribution is -0.116. The van der Waals surface area contributed by atoms with Crippen molar-refractivity contribution in [3.05, 3.63) is 46.3 Å². The number of aromatic nitrogens is 2. The first-order valence-electron chi connectivity index (χ1n) is 9.78. The Balaban J connectivity index is 1.95. The number of benzene rings is 1. The molecule has 2 rings (SSSR count). The van der Waals surface area contributed by atoms with E-state index in [2.05, 4.69) is 17.3 Å². The minimum Gasteiger partial charge on any atom is -0.326 e. The molecule has 0 aliphatic heterocycles. The first-order valence-corrected chi connectivity index (χ1v) is 9.78. The number of nitrogens with zero attached hydrogens (tertiary/aromatic N) is 2. The normalized spacial score (nSPS) is 10.9. The summed E-state index contributed by atoms with van der Waals surface area (Å²) in [6, 6.07) is 5.88. The quantitative estimate of drug-likeness (QED) is 0.673. The number of unbranched alkanes of at least 4 members (excludes halogenated alkanes) is 2. The van der Waals surface area contributed by atoms with Crippen LogP contribution in [0, 0.1) is 27.7 Å². The fourth-order valence-corrected chi connectivity index (χ4v) is 3.32. The lowest BCUT2D eigenvalue weighted by Crippen LogP contribution is -2.19. The van der Waals surface area contributed by atoms with Gasteiger partial charge in [-0.05, 0) is 57.7 Å². The molecule has 1 amide bonds. The first-order chi connectivity index (χ1) is 12.8. The smallest absolute Gasteiger partial charge is 0.247 e. The van der Waals surface area contributed by atoms with E-state index in [0.29, 0.717) is 0 Å². The molecule has 2 aromatic rings. The van der Waals surface area contributed by atoms with Crippen LogP contribution in [0.1, 0.15) is 71.9 Å². The third-order valence-electron chi connectivity index (χ3n) is 4.93. The predicted molar refractivity (Wildman–Crippen MR) is 109 cm³/mol. The molecule has 1 N–H and O–H groups in total. The molecule has 0 radical (unpaired) electrons. The molecule has 27 heavy (non-hydrogen) atoms. The van der Waals surface area contributed by atoms with E-state index >= 15 is 0 Å². The van der Waals surface area contributed by atoms with Crippen molar-refractivity contribution in [3.8, 4) is 0 Å². The van der Waals surface area contributed by atoms with Gasteiger partial charge in [0.15, 0.2) is 0 Å². The average Bonchev–Trinajstić information content (AvgIpc) is 2.90. The third-order valence-corrected chi connectivity index (χ3v) is 4.93. The molecule has 1 aromatic heterocycles. The van der Waals surface area contributed by atoms with Gasteiger partial charge in [-0.1, -0.05) is 37.5 Å². The Hall–Kier alpha value is -2.43. The van der Waals surface area contributed by atoms with Gasteiger partial charge in [-0.3, -0.25) is 9.59 Å². The van der Waals surface area contributed by atoms with Gasteiger partial charge in [0.2, 0.25) is 11.8 Å². The number of rotatable bonds is 8. The standard InChI is InChI=1S/C22H31N3O2/c1-6-7-8-9-19-17(4)24-25(18(19)5)22(27)13-12-21(26)23-20-11-10-15(2)14-16(20)3/h10-11,14H,6-9,12-13H2,1-5H3,(H,23,26). The van der Waals surface area contributed by atoms with Crippen molar-refractivity contribution in [2.45, 2.75) is 73.1 Å². The van der Waals surface area contributed by atoms with Gasteiger partial charge in [-0.2, -0.15) is 5.10 Å². The molecule has 0 unspecified atom stereocenters. The summed E-state index contributed by atoms with van der Waals surface area (Å²) in [4.78, 5) is 24.8. The van der Waals surface area contributed by atoms with Crippen LogP contribution in [0.15, 0.2) is 18.2 Å². The molecular weight excluding hydrogens is 338 g/mol. The Morgan fingerprint density at radius 1 is 1.07 bits per heavy atom. The Morgan fingerprint density at radius 3 is 2.48 bits per heavy atom. The van der Waals surface area contributed by atoms with Crippen molar-refractivity contribution in [3.63, 3.8) is 0 Å². The largest absolute Gasteiger partial charge is 0.326 e. The van der Waals surface area contributed by atoms with E-state index in [9.17, 15) is 9.59 Å². The van der Waals surface area contributed by atoms with Crippen molar-refractivity contribution >= 4 is 17.5 Å². The van der Waals surface area contributed by atoms with Crippen molar-refractivity contribution < 1.29 is 9.59 Å². The van der Waals surface area contributed by atoms with E-state index in [1.54, 1.807) is 0 Å². The molecule has 0 spiro atoms. The number of aryl methyl sites for hydroxylation is 3. The van der Waals surface area contributed by atoms with Crippen molar-refractivity contribution in [2.75, 3.05) is 5.32 Å². The second-order valence-corrected chi connectivity index (χ2v) is 7.28. The number of hydrogen-bond acceptors (Lipinski definition) is 3. The summed E-state index contributed by atoms with van der Waals surface area (Å²) in [5.74, 6) is -0.284. The van der Waals surface area contributed by atoms with Crippen LogP contribution in [0.4, 0.5) is 5.69 Å². The molecule has 0 bridgehead atoms. The van der Waals surface area contributed by atoms with Crippen molar-refractivity contribution in [1.82, 2.24) is 9.78 Å². The van der Waals surface area contributed by atoms with Crippen LogP contribution < -0.4 is 5.32 Å². The van der Waals surface area contributed by atoms with Crippen molar-refractivity contribution in [1.29, 1.82) is 0 Å². The van der Waals surface area contributed by atoms with E-state index in [-0.39, 0.29) is 24.7 Å². The van der Waals surface area contributed by atoms with Crippen LogP contribution in [0.25, 0.3) is 0 Å². The van der Waals surface area contributed by atoms with Gasteiger partial charge in [-0.25, -0.2) is 4.68 Å². The fraction of sp³-hybridized carbons (Fsp3) is 0.500. The predicted octanol–water partition coefficient (Wildman–Crippen LogP) is 4.91. The summed E-state index contributed by atoms with van der Waals surface area (Å²) in [7, 11) is 0. The maximum atomic E-state index is 12.5. The summed E-state index contributed by atoms with van der Waals surface area (Å²) in [5, 5.41) is 7.30. The minimum atomic E-state index is -0.153. The molecule has 146 valence electrons. The molecule has 0 saturated carbocycles. The number of hydrogen-bond donors (Lipinski definition) is 1. The van der Waals surface area contributed by atoms with E-state index in [4.69, 9.17) is 0 Å². The molecule has 0 aliphatic rings. The summed E-state index contributed by atoms with van der Waals surface area (Å²) >= 11 is 0. The second-order valence-electron chi connectivity index (χ2n) is 7.28. The van der Waals surface area contributed by atoms with Crippen LogP contribution in [-0.2, 0) is 11.2 Å². The van der Waals surface area contributed by atoms with Crippen molar-refractivity contribution in [2.24, 2.45) is 0 Å². The van der Waals surface area contributed by atoms with Crippen LogP contribution in [0.5, 0.6) is 0 Å². The van der Waals surface area contributed by atoms with Gasteiger partial charge >= 0.3 is 0 Å². The zero-order valence-electron chi connectivity index (χ0n) is 17.2. The minimum absolute atomic E-state index is 0.131. The van der Waals surface area contributed by atoms with Gasteiger partial charge in [0.25, 0.3) is 0 Å². The Kier molecular flexibility index (Phi) is 7.34. The maximum absolute atomic E-state index is 12.5. The Labute approximate surface area is 162 Å². The highest BCUT2D eigenvalue weighted by atomic mass is 16.2. The molecular formula is C22H31N3O2. The zero-order chi connectivity index (χ0) is 20.0. The zero-order valence-corrected chi connectivity index (χ0v) is 17.2. The van der Waals surface area contributed by atoms with Gasteiger partial charge in [0.1, 0.15) is 0 Å². The number of carbonyl (C=O) groups is 2. The fourth-order valence-electron chi connectivity index (χ4n) is 3.32. The van der Waals surface area contributed by atoms with E-state index in [1.807, 2.05) is 45.9 Å². The number of amides is 1. The molecule has 0 fully saturated rings. The SMILES string of the molecule is CCCCCc1c(C)nn(C(=O)CCC(=O)Nc2ccc(C)cc2C)c1C. The van der Waals surface area contributed by atoms with Crippen LogP contribution in [0.2, 0.25) is 0 Å². The summed E-state index contributed by atoms with van der Waals surface area (Å²) in [6.07, 6.45) is 4.70. The molecule has 0 atom stereocenters. The highest BCUT2D eigenvalue weighted by Gasteiger charge is 2.17. The molecule has 1 aromatic carbocycles. The van der Waals surface area contributed by atoms with Gasteiger partial charge in [0.05, 0.1) is 5.69 Å². The number of anilines is 1. The summed E-state index contributed by atoms with van der Waals surface area (Å²) in [5.41, 5.74) is 5.95. The highest BCUT2D eigenvalue weighted by Crippen LogP contribution is 2.18. The lowest BCUT2D eigenvalue weighted by Gasteiger charge is -2.09. The maximum Gasteiger partial charge on any atom is 0.247 e. The Bertz CT molecular complexity index is 821.